The van der Waals surface area contributed by atoms with Crippen LogP contribution in [0, 0.1) is 0 Å². The summed E-state index contributed by atoms with van der Waals surface area (Å²) in [5.74, 6) is 0.0699. The highest BCUT2D eigenvalue weighted by molar-refractivity contribution is 5.94. The number of ether oxygens (including phenoxy) is 4. The third-order valence-corrected chi connectivity index (χ3v) is 4.73. The SMILES string of the molecule is C[C@H]1C[C@@H](Oc2ccccc2)CCC[C@H](N(C(=O)OC(C)(C)C)C(=O)OC(C)(C)C)C(=O)O1. The van der Waals surface area contributed by atoms with E-state index in [0.717, 1.165) is 10.6 Å². The molecule has 1 heterocycles. The Bertz CT molecular complexity index is 782. The zero-order chi connectivity index (χ0) is 24.8. The molecule has 1 aliphatic heterocycles. The first-order valence-corrected chi connectivity index (χ1v) is 11.4. The number of para-hydroxylation sites is 1. The Labute approximate surface area is 196 Å². The van der Waals surface area contributed by atoms with Gasteiger partial charge in [0.05, 0.1) is 0 Å². The van der Waals surface area contributed by atoms with E-state index < -0.39 is 41.5 Å². The van der Waals surface area contributed by atoms with E-state index in [9.17, 15) is 14.4 Å². The quantitative estimate of drug-likeness (QED) is 0.433. The number of amides is 2. The van der Waals surface area contributed by atoms with Gasteiger partial charge in [-0.2, -0.15) is 4.90 Å². The molecule has 8 nitrogen and oxygen atoms in total. The molecule has 184 valence electrons. The maximum Gasteiger partial charge on any atom is 0.420 e. The fourth-order valence-electron chi connectivity index (χ4n) is 3.45. The first-order chi connectivity index (χ1) is 15.2. The number of cyclic esters (lactones) is 1. The van der Waals surface area contributed by atoms with Crippen LogP contribution in [-0.2, 0) is 19.0 Å². The first kappa shape index (κ1) is 26.5. The number of rotatable bonds is 3. The Hall–Kier alpha value is -2.77. The van der Waals surface area contributed by atoms with Gasteiger partial charge in [-0.3, -0.25) is 0 Å². The van der Waals surface area contributed by atoms with Gasteiger partial charge in [0, 0.05) is 6.42 Å². The predicted octanol–water partition coefficient (Wildman–Crippen LogP) is 5.48. The fourth-order valence-corrected chi connectivity index (χ4v) is 3.45. The minimum atomic E-state index is -1.16. The van der Waals surface area contributed by atoms with Gasteiger partial charge >= 0.3 is 18.2 Å². The highest BCUT2D eigenvalue weighted by Gasteiger charge is 2.42. The summed E-state index contributed by atoms with van der Waals surface area (Å²) in [7, 11) is 0. The molecule has 8 heteroatoms. The van der Waals surface area contributed by atoms with Gasteiger partial charge in [-0.15, -0.1) is 0 Å². The van der Waals surface area contributed by atoms with Crippen LogP contribution in [-0.4, -0.2) is 52.5 Å². The zero-order valence-corrected chi connectivity index (χ0v) is 20.8. The number of benzene rings is 1. The lowest BCUT2D eigenvalue weighted by atomic mass is 10.0. The molecule has 1 aromatic carbocycles. The van der Waals surface area contributed by atoms with Crippen LogP contribution in [0.3, 0.4) is 0 Å². The lowest BCUT2D eigenvalue weighted by Gasteiger charge is -2.32. The van der Waals surface area contributed by atoms with Gasteiger partial charge in [0.2, 0.25) is 0 Å². The molecule has 0 unspecified atom stereocenters. The summed E-state index contributed by atoms with van der Waals surface area (Å²) in [6.45, 7) is 11.9. The molecular formula is C25H37NO7. The minimum absolute atomic E-state index is 0.176. The van der Waals surface area contributed by atoms with Crippen LogP contribution in [0.1, 0.15) is 74.1 Å². The van der Waals surface area contributed by atoms with Crippen LogP contribution >= 0.6 is 0 Å². The van der Waals surface area contributed by atoms with Crippen molar-refractivity contribution in [3.05, 3.63) is 30.3 Å². The van der Waals surface area contributed by atoms with Gasteiger partial charge < -0.3 is 18.9 Å². The summed E-state index contributed by atoms with van der Waals surface area (Å²) >= 11 is 0. The summed E-state index contributed by atoms with van der Waals surface area (Å²) in [4.78, 5) is 39.8. The third kappa shape index (κ3) is 8.94. The molecule has 2 amide bonds. The maximum atomic E-state index is 13.1. The van der Waals surface area contributed by atoms with Crippen LogP contribution in [0.15, 0.2) is 30.3 Å². The third-order valence-electron chi connectivity index (χ3n) is 4.73. The van der Waals surface area contributed by atoms with Gasteiger partial charge in [0.25, 0.3) is 0 Å². The number of hydrogen-bond donors (Lipinski definition) is 0. The average molecular weight is 464 g/mol. The Morgan fingerprint density at radius 2 is 1.48 bits per heavy atom. The van der Waals surface area contributed by atoms with E-state index in [1.807, 2.05) is 30.3 Å². The molecule has 0 aliphatic carbocycles. The molecule has 3 atom stereocenters. The second-order valence-electron chi connectivity index (χ2n) is 10.3. The summed E-state index contributed by atoms with van der Waals surface area (Å²) in [5.41, 5.74) is -1.72. The van der Waals surface area contributed by atoms with Crippen molar-refractivity contribution in [1.29, 1.82) is 0 Å². The molecule has 1 aromatic rings. The summed E-state index contributed by atoms with van der Waals surface area (Å²) in [6, 6.07) is 8.28. The van der Waals surface area contributed by atoms with Crippen molar-refractivity contribution >= 4 is 18.2 Å². The van der Waals surface area contributed by atoms with Gasteiger partial charge in [-0.1, -0.05) is 18.2 Å². The molecular weight excluding hydrogens is 426 g/mol. The Kier molecular flexibility index (Phi) is 8.75. The van der Waals surface area contributed by atoms with E-state index in [0.29, 0.717) is 19.3 Å². The van der Waals surface area contributed by atoms with Crippen molar-refractivity contribution in [3.63, 3.8) is 0 Å². The van der Waals surface area contributed by atoms with E-state index in [2.05, 4.69) is 0 Å². The van der Waals surface area contributed by atoms with Crippen molar-refractivity contribution in [1.82, 2.24) is 4.90 Å². The smallest absolute Gasteiger partial charge is 0.420 e. The van der Waals surface area contributed by atoms with Crippen molar-refractivity contribution in [3.8, 4) is 5.75 Å². The maximum absolute atomic E-state index is 13.1. The molecule has 0 aromatic heterocycles. The van der Waals surface area contributed by atoms with Gasteiger partial charge in [-0.25, -0.2) is 14.4 Å². The highest BCUT2D eigenvalue weighted by atomic mass is 16.6. The fraction of sp³-hybridized carbons (Fsp3) is 0.640. The van der Waals surface area contributed by atoms with Crippen molar-refractivity contribution in [2.45, 2.75) is 104 Å². The molecule has 1 fully saturated rings. The van der Waals surface area contributed by atoms with Crippen molar-refractivity contribution in [2.24, 2.45) is 0 Å². The molecule has 2 rings (SSSR count). The first-order valence-electron chi connectivity index (χ1n) is 11.4. The van der Waals surface area contributed by atoms with Crippen molar-refractivity contribution < 1.29 is 33.3 Å². The van der Waals surface area contributed by atoms with Gasteiger partial charge in [0.15, 0.2) is 0 Å². The molecule has 0 saturated carbocycles. The summed E-state index contributed by atoms with van der Waals surface area (Å²) in [5, 5.41) is 0. The predicted molar refractivity (Wildman–Crippen MR) is 123 cm³/mol. The molecule has 0 spiro atoms. The van der Waals surface area contributed by atoms with Crippen molar-refractivity contribution in [2.75, 3.05) is 0 Å². The summed E-state index contributed by atoms with van der Waals surface area (Å²) in [6.07, 6.45) is -0.665. The Morgan fingerprint density at radius 1 is 0.939 bits per heavy atom. The standard InChI is InChI=1S/C25H37NO7/c1-17-16-19(31-18-12-9-8-10-13-18)14-11-15-20(21(27)30-17)26(22(28)32-24(2,3)4)23(29)33-25(5,6)7/h8-10,12-13,17,19-20H,11,14-16H2,1-7H3/t17-,19-,20-/m0/s1. The zero-order valence-electron chi connectivity index (χ0n) is 20.8. The van der Waals surface area contributed by atoms with Gasteiger partial charge in [0.1, 0.15) is 35.2 Å². The number of esters is 1. The Morgan fingerprint density at radius 3 is 2.00 bits per heavy atom. The highest BCUT2D eigenvalue weighted by Crippen LogP contribution is 2.25. The topological polar surface area (TPSA) is 91.4 Å². The molecule has 33 heavy (non-hydrogen) atoms. The normalized spacial score (nSPS) is 22.2. The number of imide groups is 1. The largest absolute Gasteiger partial charge is 0.490 e. The van der Waals surface area contributed by atoms with E-state index in [-0.39, 0.29) is 12.5 Å². The lowest BCUT2D eigenvalue weighted by Crippen LogP contribution is -2.52. The van der Waals surface area contributed by atoms with Crippen LogP contribution in [0.4, 0.5) is 9.59 Å². The number of nitrogens with zero attached hydrogens (tertiary/aromatic N) is 1. The number of carbonyl (C=O) groups is 3. The van der Waals surface area contributed by atoms with Crippen LogP contribution < -0.4 is 4.74 Å². The molecule has 0 N–H and O–H groups in total. The van der Waals surface area contributed by atoms with Crippen LogP contribution in [0.2, 0.25) is 0 Å². The van der Waals surface area contributed by atoms with E-state index >= 15 is 0 Å². The van der Waals surface area contributed by atoms with Crippen LogP contribution in [0.25, 0.3) is 0 Å². The molecule has 1 saturated heterocycles. The van der Waals surface area contributed by atoms with E-state index in [4.69, 9.17) is 18.9 Å². The molecule has 1 aliphatic rings. The summed E-state index contributed by atoms with van der Waals surface area (Å²) < 4.78 is 22.5. The number of hydrogen-bond acceptors (Lipinski definition) is 7. The Balaban J connectivity index is 2.25. The number of carbonyl (C=O) groups excluding carboxylic acids is 3. The minimum Gasteiger partial charge on any atom is -0.490 e. The lowest BCUT2D eigenvalue weighted by molar-refractivity contribution is -0.155. The second-order valence-corrected chi connectivity index (χ2v) is 10.3. The average Bonchev–Trinajstić information content (AvgIpc) is 2.70. The monoisotopic (exact) mass is 463 g/mol. The molecule has 0 radical (unpaired) electrons. The van der Waals surface area contributed by atoms with E-state index in [1.54, 1.807) is 48.5 Å². The molecule has 0 bridgehead atoms. The van der Waals surface area contributed by atoms with E-state index in [1.165, 1.54) is 0 Å². The second kappa shape index (κ2) is 10.9. The van der Waals surface area contributed by atoms with Gasteiger partial charge in [-0.05, 0) is 79.9 Å². The van der Waals surface area contributed by atoms with Crippen LogP contribution in [0.5, 0.6) is 5.75 Å².